The van der Waals surface area contributed by atoms with Gasteiger partial charge in [-0.2, -0.15) is 4.99 Å². The Morgan fingerprint density at radius 2 is 1.89 bits per heavy atom. The molecule has 0 amide bonds. The largest absolute Gasteiger partial charge is 0.554 e. The molecule has 0 saturated carbocycles. The number of hydrogen-bond acceptors (Lipinski definition) is 3. The highest BCUT2D eigenvalue weighted by Gasteiger charge is 2.38. The summed E-state index contributed by atoms with van der Waals surface area (Å²) in [5.74, 6) is 1.94. The van der Waals surface area contributed by atoms with E-state index in [1.165, 1.54) is 30.1 Å². The fraction of sp³-hybridized carbons (Fsp3) is 0.733. The van der Waals surface area contributed by atoms with Crippen LogP contribution in [0.3, 0.4) is 0 Å². The topological polar surface area (TPSA) is 52.5 Å². The Labute approximate surface area is 117 Å². The first-order chi connectivity index (χ1) is 8.92. The molecule has 0 aromatic heterocycles. The monoisotopic (exact) mass is 268 g/mol. The lowest BCUT2D eigenvalue weighted by Gasteiger charge is -2.29. The molecule has 0 spiro atoms. The minimum atomic E-state index is -0.500. The standard InChI is InChI=1S/C14H27N2.CH2O2/c1-7-10-11(4)14-12(5)16(6,9-3)13(8-2)15-14;2-1-3/h11H,7-10H2,1-6H3;1H,(H,2,3)/q+1;/p-1. The summed E-state index contributed by atoms with van der Waals surface area (Å²) < 4.78 is 0.944. The zero-order valence-electron chi connectivity index (χ0n) is 13.2. The molecule has 2 atom stereocenters. The summed E-state index contributed by atoms with van der Waals surface area (Å²) >= 11 is 0. The van der Waals surface area contributed by atoms with Gasteiger partial charge in [-0.05, 0) is 13.3 Å². The van der Waals surface area contributed by atoms with Gasteiger partial charge in [-0.15, -0.1) is 0 Å². The fourth-order valence-electron chi connectivity index (χ4n) is 2.66. The number of rotatable bonds is 5. The number of nitrogens with zero attached hydrogens (tertiary/aromatic N) is 2. The maximum Gasteiger partial charge on any atom is 0.207 e. The summed E-state index contributed by atoms with van der Waals surface area (Å²) in [6.07, 6.45) is 3.55. The van der Waals surface area contributed by atoms with E-state index in [0.717, 1.165) is 17.4 Å². The third-order valence-electron chi connectivity index (χ3n) is 4.07. The molecule has 4 nitrogen and oxygen atoms in total. The Hall–Kier alpha value is -1.16. The molecule has 0 bridgehead atoms. The molecule has 19 heavy (non-hydrogen) atoms. The van der Waals surface area contributed by atoms with E-state index in [1.54, 1.807) is 0 Å². The quantitative estimate of drug-likeness (QED) is 0.567. The SMILES string of the molecule is CCCC(C)C1=C(C)[N+](C)(CC)C(CC)=N1.O=C[O-]. The Kier molecular flexibility index (Phi) is 7.61. The summed E-state index contributed by atoms with van der Waals surface area (Å²) in [5, 5.41) is 8.25. The van der Waals surface area contributed by atoms with Crippen molar-refractivity contribution < 1.29 is 14.4 Å². The van der Waals surface area contributed by atoms with E-state index in [-0.39, 0.29) is 0 Å². The number of carboxylic acid groups (broad SMARTS) is 1. The lowest BCUT2D eigenvalue weighted by atomic mass is 10.0. The van der Waals surface area contributed by atoms with E-state index in [2.05, 4.69) is 41.7 Å². The van der Waals surface area contributed by atoms with Crippen molar-refractivity contribution >= 4 is 12.3 Å². The van der Waals surface area contributed by atoms with Crippen molar-refractivity contribution in [1.29, 1.82) is 0 Å². The lowest BCUT2D eigenvalue weighted by molar-refractivity contribution is -0.777. The third-order valence-corrected chi connectivity index (χ3v) is 4.07. The normalized spacial score (nSPS) is 23.6. The Morgan fingerprint density at radius 3 is 2.21 bits per heavy atom. The van der Waals surface area contributed by atoms with Crippen molar-refractivity contribution in [3.05, 3.63) is 11.4 Å². The molecular weight excluding hydrogens is 240 g/mol. The fourth-order valence-corrected chi connectivity index (χ4v) is 2.66. The molecule has 1 heterocycles. The van der Waals surface area contributed by atoms with Crippen LogP contribution in [0.25, 0.3) is 0 Å². The number of carbonyl (C=O) groups is 1. The van der Waals surface area contributed by atoms with E-state index < -0.39 is 6.47 Å². The third kappa shape index (κ3) is 3.90. The zero-order chi connectivity index (χ0) is 15.1. The highest BCUT2D eigenvalue weighted by atomic mass is 16.3. The molecule has 0 aliphatic carbocycles. The zero-order valence-corrected chi connectivity index (χ0v) is 13.2. The average Bonchev–Trinajstić information content (AvgIpc) is 2.64. The van der Waals surface area contributed by atoms with Crippen LogP contribution < -0.4 is 5.11 Å². The van der Waals surface area contributed by atoms with Crippen LogP contribution in [0, 0.1) is 5.92 Å². The van der Waals surface area contributed by atoms with Crippen molar-refractivity contribution in [1.82, 2.24) is 0 Å². The Bertz CT molecular complexity index is 361. The van der Waals surface area contributed by atoms with Gasteiger partial charge in [0.25, 0.3) is 0 Å². The molecule has 4 heteroatoms. The molecule has 0 N–H and O–H groups in total. The van der Waals surface area contributed by atoms with Gasteiger partial charge in [0.1, 0.15) is 11.4 Å². The Balaban J connectivity index is 0.000000982. The predicted molar refractivity (Wildman–Crippen MR) is 77.3 cm³/mol. The average molecular weight is 268 g/mol. The van der Waals surface area contributed by atoms with Gasteiger partial charge in [0, 0.05) is 25.7 Å². The number of carbonyl (C=O) groups excluding carboxylic acids is 1. The number of amidine groups is 1. The van der Waals surface area contributed by atoms with E-state index in [9.17, 15) is 0 Å². The summed E-state index contributed by atoms with van der Waals surface area (Å²) in [6, 6.07) is 0. The van der Waals surface area contributed by atoms with E-state index in [4.69, 9.17) is 14.9 Å². The maximum absolute atomic E-state index is 8.25. The van der Waals surface area contributed by atoms with Crippen LogP contribution in [-0.4, -0.2) is 30.4 Å². The van der Waals surface area contributed by atoms with Gasteiger partial charge in [0.2, 0.25) is 5.84 Å². The second kappa shape index (κ2) is 8.10. The second-order valence-electron chi connectivity index (χ2n) is 5.15. The van der Waals surface area contributed by atoms with Crippen LogP contribution in [-0.2, 0) is 4.79 Å². The van der Waals surface area contributed by atoms with Gasteiger partial charge in [-0.1, -0.05) is 27.2 Å². The summed E-state index contributed by atoms with van der Waals surface area (Å²) in [4.78, 5) is 13.1. The minimum Gasteiger partial charge on any atom is -0.554 e. The van der Waals surface area contributed by atoms with Crippen molar-refractivity contribution in [2.75, 3.05) is 13.6 Å². The molecule has 2 unspecified atom stereocenters. The van der Waals surface area contributed by atoms with Crippen LogP contribution in [0.1, 0.15) is 53.9 Å². The highest BCUT2D eigenvalue weighted by molar-refractivity contribution is 5.79. The van der Waals surface area contributed by atoms with E-state index in [0.29, 0.717) is 5.92 Å². The van der Waals surface area contributed by atoms with Gasteiger partial charge < -0.3 is 9.90 Å². The molecule has 0 aromatic carbocycles. The molecule has 1 rings (SSSR count). The lowest BCUT2D eigenvalue weighted by Crippen LogP contribution is -2.45. The first-order valence-corrected chi connectivity index (χ1v) is 7.13. The van der Waals surface area contributed by atoms with Gasteiger partial charge >= 0.3 is 0 Å². The smallest absolute Gasteiger partial charge is 0.207 e. The minimum absolute atomic E-state index is 0.500. The van der Waals surface area contributed by atoms with Crippen LogP contribution >= 0.6 is 0 Å². The summed E-state index contributed by atoms with van der Waals surface area (Å²) in [6.45, 7) is 11.9. The number of aliphatic imine (C=N–C) groups is 1. The van der Waals surface area contributed by atoms with Gasteiger partial charge in [0.15, 0.2) is 0 Å². The molecular formula is C15H28N2O2. The van der Waals surface area contributed by atoms with Gasteiger partial charge in [0.05, 0.1) is 13.6 Å². The van der Waals surface area contributed by atoms with E-state index >= 15 is 0 Å². The number of hydrogen-bond donors (Lipinski definition) is 0. The molecule has 0 aromatic rings. The first kappa shape index (κ1) is 17.8. The van der Waals surface area contributed by atoms with Crippen LogP contribution in [0.2, 0.25) is 0 Å². The van der Waals surface area contributed by atoms with Crippen LogP contribution in [0.15, 0.2) is 16.4 Å². The molecule has 0 radical (unpaired) electrons. The summed E-state index contributed by atoms with van der Waals surface area (Å²) in [5.41, 5.74) is 2.81. The Morgan fingerprint density at radius 1 is 1.37 bits per heavy atom. The van der Waals surface area contributed by atoms with Crippen molar-refractivity contribution in [2.45, 2.75) is 53.9 Å². The molecule has 0 fully saturated rings. The van der Waals surface area contributed by atoms with Crippen molar-refractivity contribution in [3.63, 3.8) is 0 Å². The van der Waals surface area contributed by atoms with Crippen LogP contribution in [0.5, 0.6) is 0 Å². The molecule has 1 aliphatic rings. The van der Waals surface area contributed by atoms with Gasteiger partial charge in [-0.3, -0.25) is 4.48 Å². The molecule has 1 aliphatic heterocycles. The summed E-state index contributed by atoms with van der Waals surface area (Å²) in [7, 11) is 2.29. The first-order valence-electron chi connectivity index (χ1n) is 7.13. The number of allylic oxidation sites excluding steroid dienone is 2. The van der Waals surface area contributed by atoms with Crippen molar-refractivity contribution in [2.24, 2.45) is 10.9 Å². The maximum atomic E-state index is 8.25. The van der Waals surface area contributed by atoms with Gasteiger partial charge in [-0.25, -0.2) is 0 Å². The second-order valence-corrected chi connectivity index (χ2v) is 5.15. The molecule has 110 valence electrons. The molecule has 0 saturated heterocycles. The number of quaternary nitrogens is 1. The van der Waals surface area contributed by atoms with E-state index in [1.807, 2.05) is 0 Å². The van der Waals surface area contributed by atoms with Crippen LogP contribution in [0.4, 0.5) is 0 Å². The predicted octanol–water partition coefficient (Wildman–Crippen LogP) is 2.31. The van der Waals surface area contributed by atoms with Crippen molar-refractivity contribution in [3.8, 4) is 0 Å². The highest BCUT2D eigenvalue weighted by Crippen LogP contribution is 2.34.